The molecule has 4 aromatic rings. The molecule has 28 heavy (non-hydrogen) atoms. The van der Waals surface area contributed by atoms with Crippen LogP contribution in [0.4, 0.5) is 0 Å². The molecule has 0 amide bonds. The highest BCUT2D eigenvalue weighted by molar-refractivity contribution is 8.01. The molecule has 1 unspecified atom stereocenters. The summed E-state index contributed by atoms with van der Waals surface area (Å²) in [4.78, 5) is 33.5. The van der Waals surface area contributed by atoms with E-state index in [9.17, 15) is 9.59 Å². The molecule has 0 spiro atoms. The number of carbonyl (C=O) groups is 2. The number of rotatable bonds is 7. The topological polar surface area (TPSA) is 87.0 Å². The first-order valence-electron chi connectivity index (χ1n) is 8.32. The molecular formula is C19H14N4O3S2. The molecule has 0 radical (unpaired) electrons. The van der Waals surface area contributed by atoms with E-state index in [0.717, 1.165) is 14.6 Å². The standard InChI is InChI=1S/C19H14N4O3S2/c24-16(10-27-19-22-14-8-4-5-9-15(14)28-19)26-18(23-12-20-11-21-23)17(25)13-6-2-1-3-7-13/h1-9,11-12,18H,10H2. The number of ketones is 1. The lowest BCUT2D eigenvalue weighted by atomic mass is 10.1. The van der Waals surface area contributed by atoms with Gasteiger partial charge >= 0.3 is 5.97 Å². The number of thioether (sulfide) groups is 1. The van der Waals surface area contributed by atoms with Gasteiger partial charge in [-0.15, -0.1) is 11.3 Å². The monoisotopic (exact) mass is 410 g/mol. The van der Waals surface area contributed by atoms with E-state index in [2.05, 4.69) is 15.1 Å². The fraction of sp³-hybridized carbons (Fsp3) is 0.105. The highest BCUT2D eigenvalue weighted by atomic mass is 32.2. The van der Waals surface area contributed by atoms with Gasteiger partial charge in [-0.05, 0) is 12.1 Å². The predicted molar refractivity (Wildman–Crippen MR) is 106 cm³/mol. The van der Waals surface area contributed by atoms with Gasteiger partial charge in [-0.2, -0.15) is 5.10 Å². The number of para-hydroxylation sites is 1. The molecular weight excluding hydrogens is 396 g/mol. The van der Waals surface area contributed by atoms with E-state index in [0.29, 0.717) is 5.56 Å². The van der Waals surface area contributed by atoms with Crippen molar-refractivity contribution in [2.75, 3.05) is 5.75 Å². The summed E-state index contributed by atoms with van der Waals surface area (Å²) in [5.74, 6) is -0.869. The summed E-state index contributed by atoms with van der Waals surface area (Å²) < 4.78 is 8.49. The summed E-state index contributed by atoms with van der Waals surface area (Å²) >= 11 is 2.79. The SMILES string of the molecule is O=C(CSc1nc2ccccc2s1)OC(C(=O)c1ccccc1)n1cncn1. The lowest BCUT2D eigenvalue weighted by molar-refractivity contribution is -0.148. The van der Waals surface area contributed by atoms with E-state index in [1.54, 1.807) is 24.3 Å². The first kappa shape index (κ1) is 18.3. The number of benzene rings is 2. The summed E-state index contributed by atoms with van der Waals surface area (Å²) in [5, 5.41) is 3.95. The zero-order chi connectivity index (χ0) is 19.3. The number of ether oxygens (including phenoxy) is 1. The van der Waals surface area contributed by atoms with Crippen LogP contribution in [0, 0.1) is 0 Å². The average molecular weight is 410 g/mol. The Hall–Kier alpha value is -3.04. The van der Waals surface area contributed by atoms with E-state index >= 15 is 0 Å². The molecule has 0 bridgehead atoms. The zero-order valence-electron chi connectivity index (χ0n) is 14.5. The van der Waals surface area contributed by atoms with Crippen molar-refractivity contribution < 1.29 is 14.3 Å². The second-order valence-electron chi connectivity index (χ2n) is 5.68. The third-order valence-electron chi connectivity index (χ3n) is 3.79. The number of hydrogen-bond acceptors (Lipinski definition) is 8. The van der Waals surface area contributed by atoms with E-state index in [1.165, 1.54) is 40.4 Å². The highest BCUT2D eigenvalue weighted by Gasteiger charge is 2.27. The number of thiazole rings is 1. The first-order chi connectivity index (χ1) is 13.7. The van der Waals surface area contributed by atoms with Gasteiger partial charge in [0.05, 0.1) is 16.0 Å². The van der Waals surface area contributed by atoms with Gasteiger partial charge in [0.2, 0.25) is 5.78 Å². The molecule has 2 aromatic heterocycles. The van der Waals surface area contributed by atoms with Crippen LogP contribution in [-0.2, 0) is 9.53 Å². The highest BCUT2D eigenvalue weighted by Crippen LogP contribution is 2.29. The number of hydrogen-bond donors (Lipinski definition) is 0. The Kier molecular flexibility index (Phi) is 5.45. The maximum Gasteiger partial charge on any atom is 0.318 e. The van der Waals surface area contributed by atoms with Crippen molar-refractivity contribution >= 4 is 45.1 Å². The van der Waals surface area contributed by atoms with Crippen LogP contribution in [-0.4, -0.2) is 37.3 Å². The Morgan fingerprint density at radius 3 is 2.64 bits per heavy atom. The molecule has 0 saturated heterocycles. The molecule has 140 valence electrons. The number of fused-ring (bicyclic) bond motifs is 1. The minimum Gasteiger partial charge on any atom is -0.431 e. The molecule has 0 N–H and O–H groups in total. The van der Waals surface area contributed by atoms with Crippen molar-refractivity contribution in [3.8, 4) is 0 Å². The van der Waals surface area contributed by atoms with Crippen molar-refractivity contribution in [2.24, 2.45) is 0 Å². The quantitative estimate of drug-likeness (QED) is 0.261. The van der Waals surface area contributed by atoms with Gasteiger partial charge in [-0.3, -0.25) is 9.59 Å². The molecule has 1 atom stereocenters. The fourth-order valence-electron chi connectivity index (χ4n) is 2.50. The largest absolute Gasteiger partial charge is 0.431 e. The minimum absolute atomic E-state index is 0.0348. The van der Waals surface area contributed by atoms with Crippen LogP contribution in [0.3, 0.4) is 0 Å². The molecule has 7 nitrogen and oxygen atoms in total. The normalized spacial score (nSPS) is 12.0. The van der Waals surface area contributed by atoms with Crippen molar-refractivity contribution in [3.05, 3.63) is 72.8 Å². The number of nitrogens with zero attached hydrogens (tertiary/aromatic N) is 4. The second-order valence-corrected chi connectivity index (χ2v) is 7.94. The van der Waals surface area contributed by atoms with E-state index in [1.807, 2.05) is 30.3 Å². The second kappa shape index (κ2) is 8.32. The van der Waals surface area contributed by atoms with E-state index in [4.69, 9.17) is 4.74 Å². The van der Waals surface area contributed by atoms with Crippen LogP contribution >= 0.6 is 23.1 Å². The third kappa shape index (κ3) is 4.10. The lowest BCUT2D eigenvalue weighted by Crippen LogP contribution is -2.26. The van der Waals surface area contributed by atoms with Gasteiger partial charge in [0.15, 0.2) is 4.34 Å². The fourth-order valence-corrected chi connectivity index (χ4v) is 4.35. The number of Topliss-reactive ketones (excluding diaryl/α,β-unsaturated/α-hetero) is 1. The Labute approximate surface area is 168 Å². The van der Waals surface area contributed by atoms with Crippen LogP contribution in [0.15, 0.2) is 71.6 Å². The summed E-state index contributed by atoms with van der Waals surface area (Å²) in [5.41, 5.74) is 1.32. The number of aromatic nitrogens is 4. The van der Waals surface area contributed by atoms with E-state index < -0.39 is 12.2 Å². The van der Waals surface area contributed by atoms with Crippen LogP contribution in [0.5, 0.6) is 0 Å². The van der Waals surface area contributed by atoms with Crippen LogP contribution in [0.2, 0.25) is 0 Å². The Bertz CT molecular complexity index is 1060. The predicted octanol–water partition coefficient (Wildman–Crippen LogP) is 3.60. The lowest BCUT2D eigenvalue weighted by Gasteiger charge is -2.16. The molecule has 2 aromatic carbocycles. The molecule has 0 aliphatic rings. The number of esters is 1. The summed E-state index contributed by atoms with van der Waals surface area (Å²) in [6, 6.07) is 16.4. The molecule has 4 rings (SSSR count). The third-order valence-corrected chi connectivity index (χ3v) is 5.94. The molecule has 2 heterocycles. The minimum atomic E-state index is -1.20. The van der Waals surface area contributed by atoms with Gasteiger partial charge < -0.3 is 4.74 Å². The Morgan fingerprint density at radius 1 is 1.11 bits per heavy atom. The molecule has 0 saturated carbocycles. The summed E-state index contributed by atoms with van der Waals surface area (Å²) in [6.45, 7) is 0. The van der Waals surface area contributed by atoms with Crippen molar-refractivity contribution in [1.82, 2.24) is 19.7 Å². The van der Waals surface area contributed by atoms with Gasteiger partial charge in [-0.1, -0.05) is 54.2 Å². The molecule has 0 fully saturated rings. The van der Waals surface area contributed by atoms with Crippen LogP contribution in [0.1, 0.15) is 16.6 Å². The maximum absolute atomic E-state index is 12.8. The van der Waals surface area contributed by atoms with Crippen molar-refractivity contribution in [2.45, 2.75) is 10.6 Å². The van der Waals surface area contributed by atoms with Gasteiger partial charge in [0.1, 0.15) is 12.7 Å². The molecule has 0 aliphatic carbocycles. The van der Waals surface area contributed by atoms with E-state index in [-0.39, 0.29) is 11.5 Å². The maximum atomic E-state index is 12.8. The molecule has 9 heteroatoms. The van der Waals surface area contributed by atoms with Crippen molar-refractivity contribution in [3.63, 3.8) is 0 Å². The average Bonchev–Trinajstić information content (AvgIpc) is 3.40. The Morgan fingerprint density at radius 2 is 1.89 bits per heavy atom. The summed E-state index contributed by atoms with van der Waals surface area (Å²) in [6.07, 6.45) is 1.43. The Balaban J connectivity index is 1.45. The first-order valence-corrected chi connectivity index (χ1v) is 10.1. The summed E-state index contributed by atoms with van der Waals surface area (Å²) in [7, 11) is 0. The van der Waals surface area contributed by atoms with Crippen LogP contribution < -0.4 is 0 Å². The van der Waals surface area contributed by atoms with Crippen molar-refractivity contribution in [1.29, 1.82) is 0 Å². The zero-order valence-corrected chi connectivity index (χ0v) is 16.1. The van der Waals surface area contributed by atoms with Crippen LogP contribution in [0.25, 0.3) is 10.2 Å². The van der Waals surface area contributed by atoms with Gasteiger partial charge in [0, 0.05) is 5.56 Å². The van der Waals surface area contributed by atoms with Gasteiger partial charge in [0.25, 0.3) is 6.23 Å². The number of carbonyl (C=O) groups excluding carboxylic acids is 2. The molecule has 0 aliphatic heterocycles. The smallest absolute Gasteiger partial charge is 0.318 e. The van der Waals surface area contributed by atoms with Gasteiger partial charge in [-0.25, -0.2) is 14.6 Å².